The van der Waals surface area contributed by atoms with Crippen molar-refractivity contribution in [1.82, 2.24) is 0 Å². The molecule has 0 unspecified atom stereocenters. The van der Waals surface area contributed by atoms with Gasteiger partial charge in [0.15, 0.2) is 5.78 Å². The molecule has 2 aromatic carbocycles. The van der Waals surface area contributed by atoms with E-state index in [0.717, 1.165) is 11.1 Å². The number of aromatic carboxylic acids is 1. The molecule has 4 heteroatoms. The Bertz CT molecular complexity index is 764. The number of hydrogen-bond donors (Lipinski definition) is 1. The summed E-state index contributed by atoms with van der Waals surface area (Å²) in [6, 6.07) is 12.9. The topological polar surface area (TPSA) is 63.6 Å². The average molecular weight is 310 g/mol. The van der Waals surface area contributed by atoms with Gasteiger partial charge in [0, 0.05) is 17.9 Å². The zero-order valence-electron chi connectivity index (χ0n) is 13.1. The van der Waals surface area contributed by atoms with E-state index in [1.807, 2.05) is 37.3 Å². The zero-order chi connectivity index (χ0) is 16.6. The Morgan fingerprint density at radius 3 is 2.48 bits per heavy atom. The molecule has 1 aliphatic heterocycles. The van der Waals surface area contributed by atoms with Crippen LogP contribution in [0.15, 0.2) is 42.5 Å². The van der Waals surface area contributed by atoms with Gasteiger partial charge in [0.25, 0.3) is 0 Å². The Hall–Kier alpha value is -2.62. The molecule has 0 aliphatic carbocycles. The van der Waals surface area contributed by atoms with Crippen LogP contribution in [0.4, 0.5) is 0 Å². The van der Waals surface area contributed by atoms with E-state index in [4.69, 9.17) is 4.74 Å². The van der Waals surface area contributed by atoms with Crippen molar-refractivity contribution < 1.29 is 19.4 Å². The second-order valence-electron chi connectivity index (χ2n) is 5.74. The summed E-state index contributed by atoms with van der Waals surface area (Å²) >= 11 is 0. The maximum Gasteiger partial charge on any atom is 0.335 e. The fourth-order valence-electron chi connectivity index (χ4n) is 3.15. The van der Waals surface area contributed by atoms with Crippen molar-refractivity contribution in [3.63, 3.8) is 0 Å². The number of Topliss-reactive ketones (excluding diaryl/α,β-unsaturated/α-hetero) is 1. The van der Waals surface area contributed by atoms with Crippen LogP contribution in [-0.4, -0.2) is 23.0 Å². The maximum atomic E-state index is 12.2. The Labute approximate surface area is 134 Å². The summed E-state index contributed by atoms with van der Waals surface area (Å²) in [5.74, 6) is -0.688. The van der Waals surface area contributed by atoms with Gasteiger partial charge >= 0.3 is 5.97 Å². The standard InChI is InChI=1S/C19H18O4/c1-3-16(20)14-9-13(19(21)22)10-15-17(11(2)23-18(14)15)12-7-5-4-6-8-12/h4-11,17H,3H2,1-2H3,(H,21,22)/t11-,17+/m1/s1. The third-order valence-corrected chi connectivity index (χ3v) is 4.25. The molecule has 0 amide bonds. The van der Waals surface area contributed by atoms with E-state index in [1.165, 1.54) is 6.07 Å². The predicted octanol–water partition coefficient (Wildman–Crippen LogP) is 3.89. The van der Waals surface area contributed by atoms with Crippen molar-refractivity contribution in [3.8, 4) is 5.75 Å². The van der Waals surface area contributed by atoms with E-state index in [2.05, 4.69) is 0 Å². The van der Waals surface area contributed by atoms with Gasteiger partial charge in [0.05, 0.1) is 11.1 Å². The van der Waals surface area contributed by atoms with Gasteiger partial charge in [-0.2, -0.15) is 0 Å². The number of carbonyl (C=O) groups is 2. The van der Waals surface area contributed by atoms with Gasteiger partial charge < -0.3 is 9.84 Å². The van der Waals surface area contributed by atoms with E-state index in [9.17, 15) is 14.7 Å². The highest BCUT2D eigenvalue weighted by molar-refractivity contribution is 6.02. The van der Waals surface area contributed by atoms with Crippen LogP contribution in [0, 0.1) is 0 Å². The van der Waals surface area contributed by atoms with E-state index >= 15 is 0 Å². The normalized spacial score (nSPS) is 19.0. The van der Waals surface area contributed by atoms with Crippen molar-refractivity contribution in [3.05, 3.63) is 64.7 Å². The molecule has 118 valence electrons. The SMILES string of the molecule is CCC(=O)c1cc(C(=O)O)cc2c1O[C@H](C)[C@H]2c1ccccc1. The van der Waals surface area contributed by atoms with Crippen molar-refractivity contribution >= 4 is 11.8 Å². The first-order chi connectivity index (χ1) is 11.0. The minimum absolute atomic E-state index is 0.0751. The highest BCUT2D eigenvalue weighted by Crippen LogP contribution is 2.45. The highest BCUT2D eigenvalue weighted by Gasteiger charge is 2.36. The molecule has 0 aromatic heterocycles. The first-order valence-corrected chi connectivity index (χ1v) is 7.69. The second kappa shape index (κ2) is 5.88. The molecule has 23 heavy (non-hydrogen) atoms. The average Bonchev–Trinajstić information content (AvgIpc) is 2.89. The fraction of sp³-hybridized carbons (Fsp3) is 0.263. The monoisotopic (exact) mass is 310 g/mol. The number of carboxylic acid groups (broad SMARTS) is 1. The Morgan fingerprint density at radius 1 is 1.17 bits per heavy atom. The van der Waals surface area contributed by atoms with Gasteiger partial charge in [-0.25, -0.2) is 4.79 Å². The van der Waals surface area contributed by atoms with Gasteiger partial charge in [-0.1, -0.05) is 37.3 Å². The van der Waals surface area contributed by atoms with Crippen LogP contribution in [0.2, 0.25) is 0 Å². The Morgan fingerprint density at radius 2 is 1.87 bits per heavy atom. The summed E-state index contributed by atoms with van der Waals surface area (Å²) in [4.78, 5) is 23.7. The first-order valence-electron chi connectivity index (χ1n) is 7.69. The first kappa shape index (κ1) is 15.3. The minimum Gasteiger partial charge on any atom is -0.489 e. The fourth-order valence-corrected chi connectivity index (χ4v) is 3.15. The molecular formula is C19H18O4. The molecule has 0 spiro atoms. The molecule has 1 N–H and O–H groups in total. The number of fused-ring (bicyclic) bond motifs is 1. The Kier molecular flexibility index (Phi) is 3.90. The summed E-state index contributed by atoms with van der Waals surface area (Å²) in [7, 11) is 0. The number of ether oxygens (including phenoxy) is 1. The lowest BCUT2D eigenvalue weighted by Crippen LogP contribution is -2.15. The molecule has 0 saturated heterocycles. The van der Waals surface area contributed by atoms with Gasteiger partial charge in [-0.15, -0.1) is 0 Å². The number of ketones is 1. The molecule has 0 bridgehead atoms. The number of carbonyl (C=O) groups excluding carboxylic acids is 1. The third-order valence-electron chi connectivity index (χ3n) is 4.25. The van der Waals surface area contributed by atoms with Crippen molar-refractivity contribution in [1.29, 1.82) is 0 Å². The lowest BCUT2D eigenvalue weighted by atomic mass is 9.86. The van der Waals surface area contributed by atoms with Crippen LogP contribution in [-0.2, 0) is 0 Å². The molecule has 2 aromatic rings. The summed E-state index contributed by atoms with van der Waals surface area (Å²) in [5, 5.41) is 9.37. The Balaban J connectivity index is 2.21. The van der Waals surface area contributed by atoms with E-state index in [-0.39, 0.29) is 23.4 Å². The predicted molar refractivity (Wildman–Crippen MR) is 86.4 cm³/mol. The molecule has 1 aliphatic rings. The van der Waals surface area contributed by atoms with Crippen LogP contribution in [0.5, 0.6) is 5.75 Å². The number of rotatable bonds is 4. The van der Waals surface area contributed by atoms with Crippen LogP contribution in [0.1, 0.15) is 58.0 Å². The molecule has 0 radical (unpaired) electrons. The maximum absolute atomic E-state index is 12.2. The number of benzene rings is 2. The number of hydrogen-bond acceptors (Lipinski definition) is 3. The lowest BCUT2D eigenvalue weighted by molar-refractivity contribution is 0.0696. The van der Waals surface area contributed by atoms with Gasteiger partial charge in [0.2, 0.25) is 0 Å². The van der Waals surface area contributed by atoms with Gasteiger partial charge in [0.1, 0.15) is 11.9 Å². The van der Waals surface area contributed by atoms with Crippen molar-refractivity contribution in [2.75, 3.05) is 0 Å². The van der Waals surface area contributed by atoms with Crippen LogP contribution < -0.4 is 4.74 Å². The molecule has 0 fully saturated rings. The molecule has 3 rings (SSSR count). The summed E-state index contributed by atoms with van der Waals surface area (Å²) in [5.41, 5.74) is 2.32. The third kappa shape index (κ3) is 2.61. The summed E-state index contributed by atoms with van der Waals surface area (Å²) in [6.07, 6.45) is 0.156. The van der Waals surface area contributed by atoms with E-state index < -0.39 is 5.97 Å². The van der Waals surface area contributed by atoms with Gasteiger partial charge in [-0.3, -0.25) is 4.79 Å². The molecule has 4 nitrogen and oxygen atoms in total. The zero-order valence-corrected chi connectivity index (χ0v) is 13.1. The minimum atomic E-state index is -1.04. The van der Waals surface area contributed by atoms with Crippen LogP contribution in [0.25, 0.3) is 0 Å². The summed E-state index contributed by atoms with van der Waals surface area (Å²) < 4.78 is 5.95. The van der Waals surface area contributed by atoms with Crippen LogP contribution >= 0.6 is 0 Å². The van der Waals surface area contributed by atoms with Crippen LogP contribution in [0.3, 0.4) is 0 Å². The van der Waals surface area contributed by atoms with E-state index in [0.29, 0.717) is 17.7 Å². The smallest absolute Gasteiger partial charge is 0.335 e. The number of carboxylic acids is 1. The summed E-state index contributed by atoms with van der Waals surface area (Å²) in [6.45, 7) is 3.70. The van der Waals surface area contributed by atoms with Crippen molar-refractivity contribution in [2.45, 2.75) is 32.3 Å². The highest BCUT2D eigenvalue weighted by atomic mass is 16.5. The quantitative estimate of drug-likeness (QED) is 0.870. The largest absolute Gasteiger partial charge is 0.489 e. The van der Waals surface area contributed by atoms with Crippen molar-refractivity contribution in [2.24, 2.45) is 0 Å². The molecular weight excluding hydrogens is 292 g/mol. The van der Waals surface area contributed by atoms with E-state index in [1.54, 1.807) is 13.0 Å². The van der Waals surface area contributed by atoms with Gasteiger partial charge in [-0.05, 0) is 24.6 Å². The lowest BCUT2D eigenvalue weighted by Gasteiger charge is -2.15. The molecule has 2 atom stereocenters. The second-order valence-corrected chi connectivity index (χ2v) is 5.74. The molecule has 0 saturated carbocycles. The molecule has 1 heterocycles.